The van der Waals surface area contributed by atoms with Gasteiger partial charge in [0.15, 0.2) is 0 Å². The van der Waals surface area contributed by atoms with Crippen LogP contribution in [-0.2, 0) is 14.8 Å². The van der Waals surface area contributed by atoms with E-state index in [-0.39, 0.29) is 19.0 Å². The van der Waals surface area contributed by atoms with Crippen molar-refractivity contribution in [1.29, 1.82) is 5.26 Å². The first-order valence-electron chi connectivity index (χ1n) is 9.08. The van der Waals surface area contributed by atoms with Gasteiger partial charge < -0.3 is 4.90 Å². The van der Waals surface area contributed by atoms with Crippen LogP contribution in [0, 0.1) is 30.6 Å². The van der Waals surface area contributed by atoms with Gasteiger partial charge >= 0.3 is 0 Å². The first kappa shape index (κ1) is 18.9. The minimum absolute atomic E-state index is 0.124. The zero-order chi connectivity index (χ0) is 18.9. The van der Waals surface area contributed by atoms with Gasteiger partial charge in [0.2, 0.25) is 15.9 Å². The molecule has 140 valence electrons. The average molecular weight is 375 g/mol. The largest absolute Gasteiger partial charge is 0.339 e. The van der Waals surface area contributed by atoms with Crippen LogP contribution in [-0.4, -0.2) is 49.7 Å². The Morgan fingerprint density at radius 2 is 1.69 bits per heavy atom. The normalized spacial score (nSPS) is 20.7. The summed E-state index contributed by atoms with van der Waals surface area (Å²) in [5, 5.41) is 9.49. The van der Waals surface area contributed by atoms with E-state index in [1.807, 2.05) is 19.9 Å². The van der Waals surface area contributed by atoms with Crippen LogP contribution < -0.4 is 0 Å². The van der Waals surface area contributed by atoms with E-state index in [1.54, 1.807) is 17.0 Å². The number of piperazine rings is 1. The van der Waals surface area contributed by atoms with Crippen molar-refractivity contribution in [2.75, 3.05) is 26.2 Å². The van der Waals surface area contributed by atoms with Gasteiger partial charge in [-0.15, -0.1) is 0 Å². The van der Waals surface area contributed by atoms with E-state index in [9.17, 15) is 18.5 Å². The summed E-state index contributed by atoms with van der Waals surface area (Å²) in [4.78, 5) is 14.8. The molecular weight excluding hydrogens is 350 g/mol. The number of rotatable bonds is 3. The molecule has 7 heteroatoms. The van der Waals surface area contributed by atoms with Crippen LogP contribution in [0.5, 0.6) is 0 Å². The lowest BCUT2D eigenvalue weighted by atomic mass is 9.86. The standard InChI is InChI=1S/C19H25N3O3S/c1-15-5-6-17(13-16(15)2)26(24,25)22-11-9-21(10-12-22)18(23)19(14-20)7-3-4-8-19/h5-6,13H,3-4,7-12H2,1-2H3. The van der Waals surface area contributed by atoms with E-state index in [1.165, 1.54) is 4.31 Å². The van der Waals surface area contributed by atoms with Gasteiger partial charge in [0.25, 0.3) is 0 Å². The van der Waals surface area contributed by atoms with E-state index in [2.05, 4.69) is 6.07 Å². The van der Waals surface area contributed by atoms with Crippen molar-refractivity contribution < 1.29 is 13.2 Å². The zero-order valence-electron chi connectivity index (χ0n) is 15.4. The second-order valence-corrected chi connectivity index (χ2v) is 9.28. The summed E-state index contributed by atoms with van der Waals surface area (Å²) in [6, 6.07) is 7.39. The quantitative estimate of drug-likeness (QED) is 0.811. The predicted molar refractivity (Wildman–Crippen MR) is 97.8 cm³/mol. The second-order valence-electron chi connectivity index (χ2n) is 7.34. The van der Waals surface area contributed by atoms with E-state index in [4.69, 9.17) is 0 Å². The molecule has 0 unspecified atom stereocenters. The summed E-state index contributed by atoms with van der Waals surface area (Å²) in [5.74, 6) is -0.124. The highest BCUT2D eigenvalue weighted by Gasteiger charge is 2.45. The van der Waals surface area contributed by atoms with Gasteiger partial charge in [-0.3, -0.25) is 4.79 Å². The summed E-state index contributed by atoms with van der Waals surface area (Å²) in [6.07, 6.45) is 3.04. The highest BCUT2D eigenvalue weighted by atomic mass is 32.2. The number of aryl methyl sites for hydroxylation is 2. The maximum Gasteiger partial charge on any atom is 0.243 e. The molecule has 6 nitrogen and oxygen atoms in total. The third-order valence-electron chi connectivity index (χ3n) is 5.72. The van der Waals surface area contributed by atoms with Crippen molar-refractivity contribution in [3.8, 4) is 6.07 Å². The molecule has 2 fully saturated rings. The molecule has 1 aliphatic heterocycles. The van der Waals surface area contributed by atoms with Gasteiger partial charge in [0, 0.05) is 26.2 Å². The second kappa shape index (κ2) is 7.01. The van der Waals surface area contributed by atoms with Crippen molar-refractivity contribution in [3.63, 3.8) is 0 Å². The topological polar surface area (TPSA) is 81.5 Å². The number of amides is 1. The molecule has 0 N–H and O–H groups in total. The third-order valence-corrected chi connectivity index (χ3v) is 7.62. The van der Waals surface area contributed by atoms with Gasteiger partial charge in [0.05, 0.1) is 11.0 Å². The SMILES string of the molecule is Cc1ccc(S(=O)(=O)N2CCN(C(=O)C3(C#N)CCCC3)CC2)cc1C. The molecule has 1 saturated carbocycles. The van der Waals surface area contributed by atoms with E-state index in [0.29, 0.717) is 30.8 Å². The Balaban J connectivity index is 1.71. The molecule has 1 aromatic rings. The lowest BCUT2D eigenvalue weighted by Gasteiger charge is -2.37. The summed E-state index contributed by atoms with van der Waals surface area (Å²) >= 11 is 0. The fraction of sp³-hybridized carbons (Fsp3) is 0.579. The minimum atomic E-state index is -3.56. The number of carbonyl (C=O) groups is 1. The van der Waals surface area contributed by atoms with Gasteiger partial charge in [-0.05, 0) is 49.9 Å². The Kier molecular flexibility index (Phi) is 5.09. The van der Waals surface area contributed by atoms with Crippen LogP contribution in [0.15, 0.2) is 23.1 Å². The summed E-state index contributed by atoms with van der Waals surface area (Å²) in [7, 11) is -3.56. The molecule has 1 heterocycles. The molecule has 26 heavy (non-hydrogen) atoms. The zero-order valence-corrected chi connectivity index (χ0v) is 16.2. The van der Waals surface area contributed by atoms with Crippen LogP contribution in [0.25, 0.3) is 0 Å². The van der Waals surface area contributed by atoms with Crippen LogP contribution >= 0.6 is 0 Å². The van der Waals surface area contributed by atoms with Gasteiger partial charge in [0.1, 0.15) is 5.41 Å². The molecule has 1 aliphatic carbocycles. The molecule has 0 bridgehead atoms. The molecule has 3 rings (SSSR count). The number of nitriles is 1. The number of benzene rings is 1. The Morgan fingerprint density at radius 3 is 2.23 bits per heavy atom. The van der Waals surface area contributed by atoms with Gasteiger partial charge in [-0.1, -0.05) is 18.9 Å². The first-order valence-corrected chi connectivity index (χ1v) is 10.5. The van der Waals surface area contributed by atoms with E-state index >= 15 is 0 Å². The molecular formula is C19H25N3O3S. The number of hydrogen-bond donors (Lipinski definition) is 0. The predicted octanol–water partition coefficient (Wildman–Crippen LogP) is 2.22. The molecule has 1 aromatic carbocycles. The lowest BCUT2D eigenvalue weighted by Crippen LogP contribution is -2.53. The fourth-order valence-corrected chi connectivity index (χ4v) is 5.32. The summed E-state index contributed by atoms with van der Waals surface area (Å²) in [5.41, 5.74) is 1.10. The molecule has 1 amide bonds. The maximum atomic E-state index is 12.9. The smallest absolute Gasteiger partial charge is 0.243 e. The van der Waals surface area contributed by atoms with Crippen LogP contribution in [0.4, 0.5) is 0 Å². The van der Waals surface area contributed by atoms with Crippen molar-refractivity contribution in [2.45, 2.75) is 44.4 Å². The summed E-state index contributed by atoms with van der Waals surface area (Å²) < 4.78 is 27.2. The molecule has 1 saturated heterocycles. The van der Waals surface area contributed by atoms with Crippen molar-refractivity contribution >= 4 is 15.9 Å². The van der Waals surface area contributed by atoms with E-state index < -0.39 is 15.4 Å². The van der Waals surface area contributed by atoms with Crippen LogP contribution in [0.1, 0.15) is 36.8 Å². The highest BCUT2D eigenvalue weighted by molar-refractivity contribution is 7.89. The Labute approximate surface area is 155 Å². The maximum absolute atomic E-state index is 12.9. The lowest BCUT2D eigenvalue weighted by molar-refractivity contribution is -0.140. The van der Waals surface area contributed by atoms with Crippen molar-refractivity contribution in [1.82, 2.24) is 9.21 Å². The number of hydrogen-bond acceptors (Lipinski definition) is 4. The first-order chi connectivity index (χ1) is 12.3. The minimum Gasteiger partial charge on any atom is -0.339 e. The van der Waals surface area contributed by atoms with Crippen LogP contribution in [0.2, 0.25) is 0 Å². The Bertz CT molecular complexity index is 843. The molecule has 0 aromatic heterocycles. The summed E-state index contributed by atoms with van der Waals surface area (Å²) in [6.45, 7) is 5.06. The number of nitrogens with zero attached hydrogens (tertiary/aromatic N) is 3. The number of carbonyl (C=O) groups excluding carboxylic acids is 1. The molecule has 0 atom stereocenters. The monoisotopic (exact) mass is 375 g/mol. The molecule has 2 aliphatic rings. The third kappa shape index (κ3) is 3.24. The molecule has 0 radical (unpaired) electrons. The number of sulfonamides is 1. The van der Waals surface area contributed by atoms with E-state index in [0.717, 1.165) is 24.0 Å². The van der Waals surface area contributed by atoms with Crippen LogP contribution in [0.3, 0.4) is 0 Å². The Morgan fingerprint density at radius 1 is 1.08 bits per heavy atom. The van der Waals surface area contributed by atoms with Gasteiger partial charge in [-0.2, -0.15) is 9.57 Å². The average Bonchev–Trinajstić information content (AvgIpc) is 3.13. The van der Waals surface area contributed by atoms with Crippen molar-refractivity contribution in [2.24, 2.45) is 5.41 Å². The van der Waals surface area contributed by atoms with Crippen molar-refractivity contribution in [3.05, 3.63) is 29.3 Å². The molecule has 0 spiro atoms. The van der Waals surface area contributed by atoms with Gasteiger partial charge in [-0.25, -0.2) is 8.42 Å². The fourth-order valence-electron chi connectivity index (χ4n) is 3.81. The Hall–Kier alpha value is -1.91. The highest BCUT2D eigenvalue weighted by Crippen LogP contribution is 2.39.